The number of unbranched alkanes of at least 4 members (excludes halogenated alkanes) is 20. The predicted octanol–water partition coefficient (Wildman–Crippen LogP) is 21.5. The average Bonchev–Trinajstić information content (AvgIpc) is 3.43. The Hall–Kier alpha value is -4.71. The first-order valence-corrected chi connectivity index (χ1v) is 31.3. The van der Waals surface area contributed by atoms with E-state index >= 15 is 0 Å². The first kappa shape index (κ1) is 72.3. The molecule has 0 saturated carbocycles. The molecule has 0 aromatic rings. The summed E-state index contributed by atoms with van der Waals surface area (Å²) in [5.41, 5.74) is 0. The lowest BCUT2D eigenvalue weighted by Crippen LogP contribution is -2.30. The van der Waals surface area contributed by atoms with E-state index in [1.165, 1.54) is 44.9 Å². The lowest BCUT2D eigenvalue weighted by molar-refractivity contribution is -0.167. The fraction of sp³-hybridized carbons (Fsp3) is 0.620. The summed E-state index contributed by atoms with van der Waals surface area (Å²) < 4.78 is 16.9. The third-order valence-electron chi connectivity index (χ3n) is 12.8. The summed E-state index contributed by atoms with van der Waals surface area (Å²) in [5, 5.41) is 0. The second-order valence-corrected chi connectivity index (χ2v) is 20.2. The van der Waals surface area contributed by atoms with Gasteiger partial charge in [-0.05, 0) is 141 Å². The smallest absolute Gasteiger partial charge is 0.306 e. The van der Waals surface area contributed by atoms with Crippen molar-refractivity contribution in [2.24, 2.45) is 0 Å². The lowest BCUT2D eigenvalue weighted by Gasteiger charge is -2.18. The second kappa shape index (κ2) is 63.8. The highest BCUT2D eigenvalue weighted by molar-refractivity contribution is 5.71. The number of esters is 3. The highest BCUT2D eigenvalue weighted by atomic mass is 16.6. The van der Waals surface area contributed by atoms with Crippen molar-refractivity contribution in [3.8, 4) is 0 Å². The van der Waals surface area contributed by atoms with Gasteiger partial charge in [-0.3, -0.25) is 14.4 Å². The van der Waals surface area contributed by atoms with Crippen LogP contribution in [0.15, 0.2) is 146 Å². The molecule has 0 radical (unpaired) electrons. The van der Waals surface area contributed by atoms with Crippen LogP contribution < -0.4 is 0 Å². The zero-order valence-corrected chi connectivity index (χ0v) is 49.7. The number of hydrogen-bond acceptors (Lipinski definition) is 6. The van der Waals surface area contributed by atoms with E-state index in [1.54, 1.807) is 0 Å². The molecule has 0 rings (SSSR count). The Morgan fingerprint density at radius 2 is 0.532 bits per heavy atom. The predicted molar refractivity (Wildman–Crippen MR) is 334 cm³/mol. The molecule has 0 N–H and O–H groups in total. The van der Waals surface area contributed by atoms with Gasteiger partial charge in [0.2, 0.25) is 0 Å². The van der Waals surface area contributed by atoms with Crippen molar-refractivity contribution >= 4 is 17.9 Å². The van der Waals surface area contributed by atoms with Gasteiger partial charge in [0.25, 0.3) is 0 Å². The monoisotopic (exact) mass is 1060 g/mol. The SMILES string of the molecule is CC/C=C\C/C=C\C/C=C\C/C=C\C/C=C\C/C=C\C/C=C\CCCCCCCC(=O)OCC(COC(=O)CCCCCCC/C=C\C/C=C\CCC)OC(=O)CCCCCCCC/C=C\C/C=C\C/C=C\CCCCC. The third-order valence-corrected chi connectivity index (χ3v) is 12.8. The van der Waals surface area contributed by atoms with Crippen LogP contribution in [-0.2, 0) is 28.6 Å². The lowest BCUT2D eigenvalue weighted by atomic mass is 10.1. The molecule has 1 unspecified atom stereocenters. The Labute approximate surface area is 474 Å². The van der Waals surface area contributed by atoms with Crippen molar-refractivity contribution in [3.63, 3.8) is 0 Å². The quantitative estimate of drug-likeness (QED) is 0.0261. The summed E-state index contributed by atoms with van der Waals surface area (Å²) >= 11 is 0. The van der Waals surface area contributed by atoms with Crippen LogP contribution in [0, 0.1) is 0 Å². The first-order valence-electron chi connectivity index (χ1n) is 31.3. The van der Waals surface area contributed by atoms with E-state index in [9.17, 15) is 14.4 Å². The third kappa shape index (κ3) is 62.0. The number of hydrogen-bond donors (Lipinski definition) is 0. The van der Waals surface area contributed by atoms with Crippen molar-refractivity contribution in [2.45, 2.75) is 271 Å². The van der Waals surface area contributed by atoms with E-state index in [2.05, 4.69) is 167 Å². The Bertz CT molecular complexity index is 1700. The number of allylic oxidation sites excluding steroid dienone is 24. The van der Waals surface area contributed by atoms with E-state index in [4.69, 9.17) is 14.2 Å². The molecule has 0 aliphatic carbocycles. The van der Waals surface area contributed by atoms with Gasteiger partial charge in [0.1, 0.15) is 13.2 Å². The summed E-state index contributed by atoms with van der Waals surface area (Å²) in [6.45, 7) is 6.39. The van der Waals surface area contributed by atoms with Crippen LogP contribution in [-0.4, -0.2) is 37.2 Å². The van der Waals surface area contributed by atoms with E-state index in [0.29, 0.717) is 19.3 Å². The van der Waals surface area contributed by atoms with Gasteiger partial charge < -0.3 is 14.2 Å². The van der Waals surface area contributed by atoms with Gasteiger partial charge >= 0.3 is 17.9 Å². The van der Waals surface area contributed by atoms with E-state index in [0.717, 1.165) is 180 Å². The molecule has 77 heavy (non-hydrogen) atoms. The molecule has 0 aromatic heterocycles. The number of carbonyl (C=O) groups excluding carboxylic acids is 3. The van der Waals surface area contributed by atoms with Gasteiger partial charge in [-0.15, -0.1) is 0 Å². The molecule has 0 aliphatic rings. The molecule has 0 aromatic carbocycles. The molecule has 1 atom stereocenters. The van der Waals surface area contributed by atoms with Crippen LogP contribution in [0.4, 0.5) is 0 Å². The van der Waals surface area contributed by atoms with Gasteiger partial charge in [-0.2, -0.15) is 0 Å². The molecular weight excluding hydrogens is 949 g/mol. The Balaban J connectivity index is 4.43. The minimum absolute atomic E-state index is 0.102. The molecule has 0 saturated heterocycles. The molecule has 6 nitrogen and oxygen atoms in total. The molecule has 434 valence electrons. The Kier molecular flexibility index (Phi) is 59.9. The van der Waals surface area contributed by atoms with Crippen LogP contribution in [0.3, 0.4) is 0 Å². The minimum Gasteiger partial charge on any atom is -0.462 e. The molecular formula is C71H114O6. The summed E-state index contributed by atoms with van der Waals surface area (Å²) in [6, 6.07) is 0. The van der Waals surface area contributed by atoms with Crippen LogP contribution in [0.2, 0.25) is 0 Å². The normalized spacial score (nSPS) is 13.1. The number of ether oxygens (including phenoxy) is 3. The first-order chi connectivity index (χ1) is 38.0. The van der Waals surface area contributed by atoms with Gasteiger partial charge in [0.15, 0.2) is 6.10 Å². The van der Waals surface area contributed by atoms with Crippen molar-refractivity contribution in [1.29, 1.82) is 0 Å². The zero-order chi connectivity index (χ0) is 55.7. The maximum Gasteiger partial charge on any atom is 0.306 e. The largest absolute Gasteiger partial charge is 0.462 e. The fourth-order valence-corrected chi connectivity index (χ4v) is 8.11. The van der Waals surface area contributed by atoms with Crippen molar-refractivity contribution in [3.05, 3.63) is 146 Å². The highest BCUT2D eigenvalue weighted by Gasteiger charge is 2.19. The van der Waals surface area contributed by atoms with Crippen molar-refractivity contribution in [2.75, 3.05) is 13.2 Å². The van der Waals surface area contributed by atoms with E-state index in [-0.39, 0.29) is 31.1 Å². The van der Waals surface area contributed by atoms with Gasteiger partial charge in [-0.25, -0.2) is 0 Å². The van der Waals surface area contributed by atoms with Crippen LogP contribution >= 0.6 is 0 Å². The van der Waals surface area contributed by atoms with E-state index in [1.807, 2.05) is 0 Å². The van der Waals surface area contributed by atoms with Gasteiger partial charge in [0.05, 0.1) is 0 Å². The molecule has 6 heteroatoms. The molecule has 0 bridgehead atoms. The standard InChI is InChI=1S/C71H114O6/c1-4-7-10-13-16-19-22-25-27-29-31-32-33-34-35-36-37-38-40-41-43-46-49-52-55-58-61-64-70(73)76-67-68(66-75-69(72)63-60-57-54-51-48-45-24-21-18-15-12-9-6-3)77-71(74)65-62-59-56-53-50-47-44-42-39-30-28-26-23-20-17-14-11-8-5-2/h7,10,12,15-17,19-21,24-28,31-32,34-35,37-39,41-43,68H,4-6,8-9,11,13-14,18,22-23,29-30,33,36,40,44-67H2,1-3H3/b10-7-,15-12-,19-16-,20-17-,24-21-,27-25-,28-26-,32-31-,35-34-,38-37-,42-39-,43-41-. The van der Waals surface area contributed by atoms with Crippen LogP contribution in [0.5, 0.6) is 0 Å². The van der Waals surface area contributed by atoms with Gasteiger partial charge in [-0.1, -0.05) is 250 Å². The minimum atomic E-state index is -0.807. The average molecular weight is 1060 g/mol. The van der Waals surface area contributed by atoms with Crippen LogP contribution in [0.25, 0.3) is 0 Å². The van der Waals surface area contributed by atoms with Crippen LogP contribution in [0.1, 0.15) is 265 Å². The maximum atomic E-state index is 12.9. The zero-order valence-electron chi connectivity index (χ0n) is 49.7. The highest BCUT2D eigenvalue weighted by Crippen LogP contribution is 2.14. The molecule has 0 amide bonds. The number of rotatable bonds is 55. The van der Waals surface area contributed by atoms with Gasteiger partial charge in [0, 0.05) is 19.3 Å². The molecule has 0 aliphatic heterocycles. The Morgan fingerprint density at radius 1 is 0.273 bits per heavy atom. The fourth-order valence-electron chi connectivity index (χ4n) is 8.11. The maximum absolute atomic E-state index is 12.9. The summed E-state index contributed by atoms with van der Waals surface area (Å²) in [7, 11) is 0. The summed E-state index contributed by atoms with van der Waals surface area (Å²) in [6.07, 6.45) is 91.2. The van der Waals surface area contributed by atoms with E-state index < -0.39 is 6.10 Å². The summed E-state index contributed by atoms with van der Waals surface area (Å²) in [5.74, 6) is -0.950. The topological polar surface area (TPSA) is 78.9 Å². The summed E-state index contributed by atoms with van der Waals surface area (Å²) in [4.78, 5) is 38.3. The molecule has 0 heterocycles. The Morgan fingerprint density at radius 3 is 0.844 bits per heavy atom. The molecule has 0 spiro atoms. The number of carbonyl (C=O) groups is 3. The van der Waals surface area contributed by atoms with Crippen molar-refractivity contribution < 1.29 is 28.6 Å². The van der Waals surface area contributed by atoms with Crippen molar-refractivity contribution in [1.82, 2.24) is 0 Å². The second-order valence-electron chi connectivity index (χ2n) is 20.2. The molecule has 0 fully saturated rings.